The molecule has 0 aliphatic carbocycles. The van der Waals surface area contributed by atoms with E-state index in [9.17, 15) is 4.79 Å². The third-order valence-electron chi connectivity index (χ3n) is 2.75. The molecule has 0 aromatic carbocycles. The Morgan fingerprint density at radius 3 is 3.00 bits per heavy atom. The molecule has 1 atom stereocenters. The van der Waals surface area contributed by atoms with Gasteiger partial charge in [0, 0.05) is 7.05 Å². The molecule has 0 saturated carbocycles. The summed E-state index contributed by atoms with van der Waals surface area (Å²) in [5, 5.41) is 7.62. The van der Waals surface area contributed by atoms with E-state index in [1.807, 2.05) is 0 Å². The summed E-state index contributed by atoms with van der Waals surface area (Å²) < 4.78 is 1.54. The number of aromatic nitrogens is 2. The van der Waals surface area contributed by atoms with Gasteiger partial charge in [-0.2, -0.15) is 5.10 Å². The van der Waals surface area contributed by atoms with Crippen LogP contribution in [-0.2, 0) is 7.05 Å². The molecule has 0 bridgehead atoms. The molecule has 1 N–H and O–H groups in total. The Labute approximate surface area is 93.6 Å². The van der Waals surface area contributed by atoms with Gasteiger partial charge in [-0.1, -0.05) is 18.0 Å². The minimum atomic E-state index is -0.0911. The number of hydrogen-bond donors (Lipinski definition) is 1. The van der Waals surface area contributed by atoms with Gasteiger partial charge in [-0.25, -0.2) is 0 Å². The number of piperidine rings is 1. The van der Waals surface area contributed by atoms with Gasteiger partial charge in [0.25, 0.3) is 0 Å². The summed E-state index contributed by atoms with van der Waals surface area (Å²) in [4.78, 5) is 12.1. The van der Waals surface area contributed by atoms with Crippen molar-refractivity contribution in [3.05, 3.63) is 16.9 Å². The van der Waals surface area contributed by atoms with Gasteiger partial charge >= 0.3 is 0 Å². The molecule has 1 fully saturated rings. The quantitative estimate of drug-likeness (QED) is 0.777. The predicted molar refractivity (Wildman–Crippen MR) is 58.2 cm³/mol. The van der Waals surface area contributed by atoms with E-state index in [4.69, 9.17) is 11.6 Å². The van der Waals surface area contributed by atoms with E-state index in [0.29, 0.717) is 10.7 Å². The highest BCUT2D eigenvalue weighted by Gasteiger charge is 2.26. The first-order valence-corrected chi connectivity index (χ1v) is 5.53. The fraction of sp³-hybridized carbons (Fsp3) is 0.600. The van der Waals surface area contributed by atoms with Crippen molar-refractivity contribution in [3.8, 4) is 0 Å². The van der Waals surface area contributed by atoms with Crippen molar-refractivity contribution in [1.29, 1.82) is 0 Å². The molecule has 1 unspecified atom stereocenters. The molecule has 82 valence electrons. The maximum atomic E-state index is 12.1. The van der Waals surface area contributed by atoms with Gasteiger partial charge in [-0.05, 0) is 19.4 Å². The summed E-state index contributed by atoms with van der Waals surface area (Å²) >= 11 is 5.93. The SMILES string of the molecule is Cn1ncc(Cl)c1C(=O)C1CCCCN1. The Morgan fingerprint density at radius 2 is 2.47 bits per heavy atom. The average Bonchev–Trinajstić information content (AvgIpc) is 2.59. The number of carbonyl (C=O) groups is 1. The number of aryl methyl sites for hydroxylation is 1. The van der Waals surface area contributed by atoms with Crippen molar-refractivity contribution in [2.24, 2.45) is 7.05 Å². The van der Waals surface area contributed by atoms with Crippen LogP contribution in [0.2, 0.25) is 5.02 Å². The first kappa shape index (κ1) is 10.6. The summed E-state index contributed by atoms with van der Waals surface area (Å²) in [5.41, 5.74) is 0.510. The molecular weight excluding hydrogens is 214 g/mol. The van der Waals surface area contributed by atoms with Gasteiger partial charge in [0.05, 0.1) is 17.3 Å². The van der Waals surface area contributed by atoms with Crippen LogP contribution in [0.4, 0.5) is 0 Å². The Hall–Kier alpha value is -0.870. The molecule has 1 aromatic heterocycles. The van der Waals surface area contributed by atoms with Gasteiger partial charge in [-0.15, -0.1) is 0 Å². The monoisotopic (exact) mass is 227 g/mol. The minimum Gasteiger partial charge on any atom is -0.307 e. The standard InChI is InChI=1S/C10H14ClN3O/c1-14-9(7(11)6-13-14)10(15)8-4-2-3-5-12-8/h6,8,12H,2-5H2,1H3. The lowest BCUT2D eigenvalue weighted by Gasteiger charge is -2.22. The van der Waals surface area contributed by atoms with Gasteiger partial charge in [-0.3, -0.25) is 9.48 Å². The average molecular weight is 228 g/mol. The molecule has 0 amide bonds. The number of ketones is 1. The zero-order chi connectivity index (χ0) is 10.8. The number of hydrogen-bond acceptors (Lipinski definition) is 3. The number of rotatable bonds is 2. The molecule has 0 spiro atoms. The van der Waals surface area contributed by atoms with E-state index in [0.717, 1.165) is 25.8 Å². The Balaban J connectivity index is 2.19. The van der Waals surface area contributed by atoms with E-state index < -0.39 is 0 Å². The van der Waals surface area contributed by atoms with E-state index in [-0.39, 0.29) is 11.8 Å². The van der Waals surface area contributed by atoms with Crippen molar-refractivity contribution in [3.63, 3.8) is 0 Å². The highest BCUT2D eigenvalue weighted by Crippen LogP contribution is 2.19. The maximum Gasteiger partial charge on any atom is 0.199 e. The molecule has 1 saturated heterocycles. The highest BCUT2D eigenvalue weighted by atomic mass is 35.5. The van der Waals surface area contributed by atoms with Crippen LogP contribution in [0.25, 0.3) is 0 Å². The Morgan fingerprint density at radius 1 is 1.67 bits per heavy atom. The maximum absolute atomic E-state index is 12.1. The third kappa shape index (κ3) is 2.06. The van der Waals surface area contributed by atoms with Crippen molar-refractivity contribution in [2.75, 3.05) is 6.54 Å². The lowest BCUT2D eigenvalue weighted by Crippen LogP contribution is -2.41. The van der Waals surface area contributed by atoms with Gasteiger partial charge < -0.3 is 5.32 Å². The van der Waals surface area contributed by atoms with E-state index in [1.54, 1.807) is 11.7 Å². The zero-order valence-electron chi connectivity index (χ0n) is 8.66. The smallest absolute Gasteiger partial charge is 0.199 e. The second-order valence-corrected chi connectivity index (χ2v) is 4.24. The number of nitrogens with one attached hydrogen (secondary N) is 1. The van der Waals surface area contributed by atoms with Crippen LogP contribution < -0.4 is 5.32 Å². The summed E-state index contributed by atoms with van der Waals surface area (Å²) in [6.07, 6.45) is 4.64. The van der Waals surface area contributed by atoms with Crippen LogP contribution in [0.1, 0.15) is 29.8 Å². The van der Waals surface area contributed by atoms with Crippen LogP contribution >= 0.6 is 11.6 Å². The van der Waals surface area contributed by atoms with Crippen LogP contribution in [-0.4, -0.2) is 28.2 Å². The molecule has 15 heavy (non-hydrogen) atoms. The number of Topliss-reactive ketones (excluding diaryl/α,β-unsaturated/α-hetero) is 1. The first-order chi connectivity index (χ1) is 7.20. The second-order valence-electron chi connectivity index (χ2n) is 3.83. The van der Waals surface area contributed by atoms with Crippen LogP contribution in [0, 0.1) is 0 Å². The summed E-state index contributed by atoms with van der Waals surface area (Å²) in [7, 11) is 1.74. The van der Waals surface area contributed by atoms with Crippen molar-refractivity contribution < 1.29 is 4.79 Å². The van der Waals surface area contributed by atoms with Gasteiger partial charge in [0.2, 0.25) is 0 Å². The topological polar surface area (TPSA) is 46.9 Å². The molecule has 1 aromatic rings. The molecule has 2 heterocycles. The fourth-order valence-electron chi connectivity index (χ4n) is 1.93. The first-order valence-electron chi connectivity index (χ1n) is 5.15. The van der Waals surface area contributed by atoms with Crippen molar-refractivity contribution in [1.82, 2.24) is 15.1 Å². The molecule has 4 nitrogen and oxygen atoms in total. The second kappa shape index (κ2) is 4.33. The normalized spacial score (nSPS) is 21.6. The molecule has 0 radical (unpaired) electrons. The largest absolute Gasteiger partial charge is 0.307 e. The number of carbonyl (C=O) groups excluding carboxylic acids is 1. The van der Waals surface area contributed by atoms with Crippen LogP contribution in [0.15, 0.2) is 6.20 Å². The van der Waals surface area contributed by atoms with Crippen molar-refractivity contribution >= 4 is 17.4 Å². The highest BCUT2D eigenvalue weighted by molar-refractivity contribution is 6.33. The van der Waals surface area contributed by atoms with E-state index in [2.05, 4.69) is 10.4 Å². The summed E-state index contributed by atoms with van der Waals surface area (Å²) in [6, 6.07) is -0.0911. The zero-order valence-corrected chi connectivity index (χ0v) is 9.42. The van der Waals surface area contributed by atoms with Crippen LogP contribution in [0.3, 0.4) is 0 Å². The molecule has 2 rings (SSSR count). The van der Waals surface area contributed by atoms with Gasteiger partial charge in [0.1, 0.15) is 5.69 Å². The van der Waals surface area contributed by atoms with E-state index >= 15 is 0 Å². The fourth-order valence-corrected chi connectivity index (χ4v) is 2.19. The molecule has 1 aliphatic rings. The lowest BCUT2D eigenvalue weighted by atomic mass is 9.99. The van der Waals surface area contributed by atoms with E-state index in [1.165, 1.54) is 6.20 Å². The number of halogens is 1. The predicted octanol–water partition coefficient (Wildman–Crippen LogP) is 1.40. The Kier molecular flexibility index (Phi) is 3.07. The minimum absolute atomic E-state index is 0.0553. The summed E-state index contributed by atoms with van der Waals surface area (Å²) in [6.45, 7) is 0.909. The van der Waals surface area contributed by atoms with Crippen molar-refractivity contribution in [2.45, 2.75) is 25.3 Å². The molecular formula is C10H14ClN3O. The summed E-state index contributed by atoms with van der Waals surface area (Å²) in [5.74, 6) is 0.0553. The lowest BCUT2D eigenvalue weighted by molar-refractivity contribution is 0.0918. The molecule has 1 aliphatic heterocycles. The number of nitrogens with zero attached hydrogens (tertiary/aromatic N) is 2. The Bertz CT molecular complexity index is 349. The van der Waals surface area contributed by atoms with Crippen LogP contribution in [0.5, 0.6) is 0 Å². The molecule has 5 heteroatoms. The van der Waals surface area contributed by atoms with Gasteiger partial charge in [0.15, 0.2) is 5.78 Å². The third-order valence-corrected chi connectivity index (χ3v) is 3.03.